The molecule has 0 unspecified atom stereocenters. The lowest BCUT2D eigenvalue weighted by Crippen LogP contribution is -2.30. The molecule has 1 fully saturated rings. The Morgan fingerprint density at radius 1 is 1.00 bits per heavy atom. The summed E-state index contributed by atoms with van der Waals surface area (Å²) in [6, 6.07) is 4.38. The molecule has 2 aromatic rings. The van der Waals surface area contributed by atoms with Crippen LogP contribution in [0.5, 0.6) is 0 Å². The molecule has 1 aliphatic rings. The number of carbonyl (C=O) groups excluding carboxylic acids is 1. The molecule has 0 bridgehead atoms. The zero-order valence-electron chi connectivity index (χ0n) is 16.8. The van der Waals surface area contributed by atoms with Gasteiger partial charge in [-0.3, -0.25) is 9.59 Å². The summed E-state index contributed by atoms with van der Waals surface area (Å²) < 4.78 is 28.1. The van der Waals surface area contributed by atoms with Crippen LogP contribution in [0.3, 0.4) is 0 Å². The fourth-order valence-corrected chi connectivity index (χ4v) is 5.14. The van der Waals surface area contributed by atoms with Gasteiger partial charge in [0.25, 0.3) is 5.56 Å². The maximum Gasteiger partial charge on any atom is 0.251 e. The van der Waals surface area contributed by atoms with Crippen molar-refractivity contribution in [2.45, 2.75) is 52.0 Å². The minimum atomic E-state index is -3.64. The van der Waals surface area contributed by atoms with Crippen LogP contribution in [0.1, 0.15) is 45.5 Å². The number of hydrogen-bond donors (Lipinski definition) is 0. The molecular weight excluding hydrogens is 376 g/mol. The van der Waals surface area contributed by atoms with Gasteiger partial charge in [0.1, 0.15) is 0 Å². The quantitative estimate of drug-likeness (QED) is 0.721. The minimum absolute atomic E-state index is 0.0507. The molecule has 1 aromatic heterocycles. The molecule has 150 valence electrons. The lowest BCUT2D eigenvalue weighted by atomic mass is 9.92. The molecule has 1 saturated heterocycles. The molecule has 28 heavy (non-hydrogen) atoms. The predicted octanol–water partition coefficient (Wildman–Crippen LogP) is 2.75. The topological polar surface area (TPSA) is 76.5 Å². The second kappa shape index (κ2) is 7.64. The van der Waals surface area contributed by atoms with Gasteiger partial charge in [0.05, 0.1) is 11.4 Å². The van der Waals surface area contributed by atoms with Crippen LogP contribution in [0.4, 0.5) is 0 Å². The van der Waals surface area contributed by atoms with E-state index in [1.807, 2.05) is 33.8 Å². The van der Waals surface area contributed by atoms with Crippen molar-refractivity contribution in [2.24, 2.45) is 0 Å². The van der Waals surface area contributed by atoms with Gasteiger partial charge in [-0.2, -0.15) is 4.31 Å². The minimum Gasteiger partial charge on any atom is -0.306 e. The number of hydrogen-bond acceptors (Lipinski definition) is 4. The monoisotopic (exact) mass is 402 g/mol. The van der Waals surface area contributed by atoms with Crippen LogP contribution in [0, 0.1) is 27.7 Å². The second-order valence-corrected chi connectivity index (χ2v) is 9.42. The van der Waals surface area contributed by atoms with Crippen LogP contribution in [-0.4, -0.2) is 36.2 Å². The molecule has 2 heterocycles. The first-order valence-corrected chi connectivity index (χ1v) is 10.9. The number of Topliss-reactive ketones (excluding diaryl/α,β-unsaturated/α-hetero) is 1. The fourth-order valence-electron chi connectivity index (χ4n) is 3.60. The van der Waals surface area contributed by atoms with Crippen molar-refractivity contribution in [1.29, 1.82) is 0 Å². The summed E-state index contributed by atoms with van der Waals surface area (Å²) in [5.74, 6) is -0.207. The van der Waals surface area contributed by atoms with E-state index in [0.717, 1.165) is 35.1 Å². The van der Waals surface area contributed by atoms with Gasteiger partial charge in [-0.1, -0.05) is 0 Å². The molecule has 3 rings (SSSR count). The predicted molar refractivity (Wildman–Crippen MR) is 108 cm³/mol. The first-order chi connectivity index (χ1) is 13.1. The third kappa shape index (κ3) is 3.69. The highest BCUT2D eigenvalue weighted by atomic mass is 32.2. The Balaban J connectivity index is 1.95. The van der Waals surface area contributed by atoms with E-state index in [1.54, 1.807) is 0 Å². The third-order valence-electron chi connectivity index (χ3n) is 5.75. The van der Waals surface area contributed by atoms with E-state index in [0.29, 0.717) is 18.7 Å². The standard InChI is InChI=1S/C21H26N2O4S/c1-14-11-19(17(4)16(3)15(14)2)20(24)13-22-12-18(7-8-21(22)25)28(26,27)23-9-5-6-10-23/h7-8,11-12H,5-6,9-10,13H2,1-4H3. The number of rotatable bonds is 5. The number of sulfonamides is 1. The van der Waals surface area contributed by atoms with E-state index in [9.17, 15) is 18.0 Å². The van der Waals surface area contributed by atoms with Crippen LogP contribution in [-0.2, 0) is 16.6 Å². The number of pyridine rings is 1. The smallest absolute Gasteiger partial charge is 0.251 e. The highest BCUT2D eigenvalue weighted by Gasteiger charge is 2.28. The van der Waals surface area contributed by atoms with Crippen molar-refractivity contribution in [2.75, 3.05) is 13.1 Å². The number of carbonyl (C=O) groups is 1. The van der Waals surface area contributed by atoms with Crippen LogP contribution in [0.2, 0.25) is 0 Å². The van der Waals surface area contributed by atoms with Crippen LogP contribution in [0.25, 0.3) is 0 Å². The van der Waals surface area contributed by atoms with Crippen molar-refractivity contribution in [1.82, 2.24) is 8.87 Å². The molecule has 0 N–H and O–H groups in total. The van der Waals surface area contributed by atoms with Crippen molar-refractivity contribution in [3.05, 3.63) is 62.6 Å². The molecule has 0 amide bonds. The Labute approximate surface area is 165 Å². The Kier molecular flexibility index (Phi) is 5.59. The van der Waals surface area contributed by atoms with Gasteiger partial charge in [-0.25, -0.2) is 8.42 Å². The molecule has 1 aliphatic heterocycles. The van der Waals surface area contributed by atoms with E-state index in [-0.39, 0.29) is 17.2 Å². The largest absolute Gasteiger partial charge is 0.306 e. The van der Waals surface area contributed by atoms with E-state index < -0.39 is 15.6 Å². The highest BCUT2D eigenvalue weighted by molar-refractivity contribution is 7.89. The Bertz CT molecular complexity index is 1090. The highest BCUT2D eigenvalue weighted by Crippen LogP contribution is 2.23. The average Bonchev–Trinajstić information content (AvgIpc) is 3.20. The molecule has 0 radical (unpaired) electrons. The lowest BCUT2D eigenvalue weighted by molar-refractivity contribution is 0.0969. The van der Waals surface area contributed by atoms with Crippen LogP contribution in [0.15, 0.2) is 34.1 Å². The van der Waals surface area contributed by atoms with Gasteiger partial charge in [0.2, 0.25) is 10.0 Å². The summed E-state index contributed by atoms with van der Waals surface area (Å²) in [5, 5.41) is 0. The van der Waals surface area contributed by atoms with E-state index in [2.05, 4.69) is 0 Å². The maximum atomic E-state index is 12.9. The summed E-state index contributed by atoms with van der Waals surface area (Å²) in [4.78, 5) is 25.2. The number of ketones is 1. The van der Waals surface area contributed by atoms with E-state index in [4.69, 9.17) is 0 Å². The van der Waals surface area contributed by atoms with Crippen molar-refractivity contribution in [3.63, 3.8) is 0 Å². The second-order valence-electron chi connectivity index (χ2n) is 7.48. The Morgan fingerprint density at radius 3 is 2.29 bits per heavy atom. The molecule has 0 atom stereocenters. The molecule has 0 spiro atoms. The first-order valence-electron chi connectivity index (χ1n) is 9.44. The van der Waals surface area contributed by atoms with Gasteiger partial charge in [-0.15, -0.1) is 0 Å². The van der Waals surface area contributed by atoms with Crippen LogP contribution >= 0.6 is 0 Å². The summed E-state index contributed by atoms with van der Waals surface area (Å²) in [6.45, 7) is 8.63. The number of nitrogens with zero attached hydrogens (tertiary/aromatic N) is 2. The molecule has 7 heteroatoms. The molecule has 0 saturated carbocycles. The Hall–Kier alpha value is -2.25. The maximum absolute atomic E-state index is 12.9. The summed E-state index contributed by atoms with van der Waals surface area (Å²) in [6.07, 6.45) is 2.96. The molecular formula is C21H26N2O4S. The van der Waals surface area contributed by atoms with Gasteiger partial charge < -0.3 is 4.57 Å². The molecule has 1 aromatic carbocycles. The number of aryl methyl sites for hydroxylation is 1. The van der Waals surface area contributed by atoms with Crippen molar-refractivity contribution >= 4 is 15.8 Å². The molecule has 6 nitrogen and oxygen atoms in total. The lowest BCUT2D eigenvalue weighted by Gasteiger charge is -2.17. The summed E-state index contributed by atoms with van der Waals surface area (Å²) in [7, 11) is -3.64. The zero-order chi connectivity index (χ0) is 20.6. The summed E-state index contributed by atoms with van der Waals surface area (Å²) in [5.41, 5.74) is 4.28. The fraction of sp³-hybridized carbons (Fsp3) is 0.429. The zero-order valence-corrected chi connectivity index (χ0v) is 17.6. The van der Waals surface area contributed by atoms with Gasteiger partial charge >= 0.3 is 0 Å². The van der Waals surface area contributed by atoms with E-state index in [1.165, 1.54) is 27.2 Å². The number of aromatic nitrogens is 1. The third-order valence-corrected chi connectivity index (χ3v) is 7.64. The van der Waals surface area contributed by atoms with Crippen LogP contribution < -0.4 is 5.56 Å². The first kappa shape index (κ1) is 20.5. The Morgan fingerprint density at radius 2 is 1.64 bits per heavy atom. The van der Waals surface area contributed by atoms with Gasteiger partial charge in [0, 0.05) is 30.9 Å². The number of benzene rings is 1. The average molecular weight is 403 g/mol. The van der Waals surface area contributed by atoms with Crippen molar-refractivity contribution < 1.29 is 13.2 Å². The normalized spacial score (nSPS) is 15.1. The SMILES string of the molecule is Cc1cc(C(=O)Cn2cc(S(=O)(=O)N3CCCC3)ccc2=O)c(C)c(C)c1C. The van der Waals surface area contributed by atoms with Gasteiger partial charge in [0.15, 0.2) is 5.78 Å². The molecule has 0 aliphatic carbocycles. The van der Waals surface area contributed by atoms with Gasteiger partial charge in [-0.05, 0) is 74.9 Å². The van der Waals surface area contributed by atoms with Crippen molar-refractivity contribution in [3.8, 4) is 0 Å². The summed E-state index contributed by atoms with van der Waals surface area (Å²) >= 11 is 0. The van der Waals surface area contributed by atoms with E-state index >= 15 is 0 Å².